The lowest BCUT2D eigenvalue weighted by Gasteiger charge is -2.16. The predicted molar refractivity (Wildman–Crippen MR) is 38.1 cm³/mol. The topological polar surface area (TPSA) is 38.8 Å². The second-order valence-electron chi connectivity index (χ2n) is 2.37. The van der Waals surface area contributed by atoms with Gasteiger partial charge in [0, 0.05) is 6.54 Å². The molecule has 0 spiro atoms. The maximum absolute atomic E-state index is 11.7. The fourth-order valence-electron chi connectivity index (χ4n) is 0.796. The number of rotatable bonds is 3. The van der Waals surface area contributed by atoms with Gasteiger partial charge in [-0.05, 0) is 7.05 Å². The zero-order valence-electron chi connectivity index (χ0n) is 6.57. The third-order valence-electron chi connectivity index (χ3n) is 1.45. The predicted octanol–water partition coefficient (Wildman–Crippen LogP) is 1.34. The number of halogens is 2. The van der Waals surface area contributed by atoms with E-state index >= 15 is 0 Å². The minimum absolute atomic E-state index is 0.261. The lowest BCUT2D eigenvalue weighted by atomic mass is 10.7. The van der Waals surface area contributed by atoms with Crippen LogP contribution in [-0.4, -0.2) is 37.9 Å². The van der Waals surface area contributed by atoms with E-state index in [4.69, 9.17) is 4.52 Å². The largest absolute Gasteiger partial charge is 0.408 e. The Morgan fingerprint density at radius 2 is 2.42 bits per heavy atom. The van der Waals surface area contributed by atoms with Crippen molar-refractivity contribution in [3.8, 4) is 0 Å². The third-order valence-corrected chi connectivity index (χ3v) is 3.47. The summed E-state index contributed by atoms with van der Waals surface area (Å²) in [7, 11) is -1.85. The molecule has 12 heavy (non-hydrogen) atoms. The van der Waals surface area contributed by atoms with Gasteiger partial charge in [0.2, 0.25) is 0 Å². The molecule has 1 saturated heterocycles. The van der Waals surface area contributed by atoms with E-state index in [1.165, 1.54) is 11.7 Å². The minimum Gasteiger partial charge on any atom is -0.295 e. The van der Waals surface area contributed by atoms with Crippen LogP contribution in [0.4, 0.5) is 8.78 Å². The molecule has 72 valence electrons. The van der Waals surface area contributed by atoms with Gasteiger partial charge in [0.1, 0.15) is 6.61 Å². The molecule has 4 nitrogen and oxygen atoms in total. The summed E-state index contributed by atoms with van der Waals surface area (Å²) >= 11 is 0. The first-order valence-corrected chi connectivity index (χ1v) is 4.93. The second-order valence-corrected chi connectivity index (χ2v) is 4.51. The third kappa shape index (κ3) is 2.23. The number of hydrogen-bond acceptors (Lipinski definition) is 3. The molecule has 0 saturated carbocycles. The number of alkyl halides is 2. The Hall–Kier alpha value is -0.0300. The van der Waals surface area contributed by atoms with Crippen molar-refractivity contribution in [1.29, 1.82) is 0 Å². The summed E-state index contributed by atoms with van der Waals surface area (Å²) in [6.45, 7) is -0.140. The van der Waals surface area contributed by atoms with Gasteiger partial charge in [-0.2, -0.15) is 0 Å². The van der Waals surface area contributed by atoms with Crippen LogP contribution in [0.3, 0.4) is 0 Å². The first-order valence-electron chi connectivity index (χ1n) is 3.43. The maximum atomic E-state index is 11.7. The molecule has 0 aromatic rings. The van der Waals surface area contributed by atoms with Gasteiger partial charge in [0.05, 0.1) is 6.61 Å². The fourth-order valence-corrected chi connectivity index (χ4v) is 2.20. The Labute approximate surface area is 69.0 Å². The van der Waals surface area contributed by atoms with E-state index < -0.39 is 20.8 Å². The molecule has 0 radical (unpaired) electrons. The molecule has 1 fully saturated rings. The molecule has 1 aliphatic heterocycles. The summed E-state index contributed by atoms with van der Waals surface area (Å²) < 4.78 is 45.2. The van der Waals surface area contributed by atoms with Crippen LogP contribution in [0, 0.1) is 0 Å². The Kier molecular flexibility index (Phi) is 3.17. The molecule has 7 heteroatoms. The van der Waals surface area contributed by atoms with Crippen LogP contribution in [0.25, 0.3) is 0 Å². The van der Waals surface area contributed by atoms with E-state index in [0.29, 0.717) is 6.54 Å². The first-order chi connectivity index (χ1) is 5.54. The minimum atomic E-state index is -3.36. The Morgan fingerprint density at radius 1 is 1.75 bits per heavy atom. The van der Waals surface area contributed by atoms with Crippen molar-refractivity contribution in [1.82, 2.24) is 4.67 Å². The number of likely N-dealkylation sites (N-methyl/N-ethyl adjacent to an activating group) is 1. The van der Waals surface area contributed by atoms with Gasteiger partial charge >= 0.3 is 7.75 Å². The summed E-state index contributed by atoms with van der Waals surface area (Å²) in [4.78, 5) is 0. The summed E-state index contributed by atoms with van der Waals surface area (Å²) in [5.74, 6) is 0. The fraction of sp³-hybridized carbons (Fsp3) is 1.00. The van der Waals surface area contributed by atoms with Gasteiger partial charge < -0.3 is 0 Å². The molecule has 0 aliphatic carbocycles. The molecule has 0 aromatic carbocycles. The van der Waals surface area contributed by atoms with Gasteiger partial charge in [-0.25, -0.2) is 18.0 Å². The van der Waals surface area contributed by atoms with Crippen molar-refractivity contribution in [2.24, 2.45) is 0 Å². The lowest BCUT2D eigenvalue weighted by molar-refractivity contribution is 0.0690. The highest BCUT2D eigenvalue weighted by atomic mass is 31.2. The standard InChI is InChI=1S/C5H10F2NO3P/c1-8-2-3-10-12(8,9)11-4-5(6)7/h5H,2-4H2,1H3. The summed E-state index contributed by atoms with van der Waals surface area (Å²) in [6.07, 6.45) is -2.62. The van der Waals surface area contributed by atoms with Gasteiger partial charge in [-0.3, -0.25) is 9.05 Å². The molecule has 0 N–H and O–H groups in total. The van der Waals surface area contributed by atoms with Crippen LogP contribution in [0.2, 0.25) is 0 Å². The van der Waals surface area contributed by atoms with Crippen LogP contribution in [-0.2, 0) is 13.6 Å². The van der Waals surface area contributed by atoms with Crippen molar-refractivity contribution in [3.63, 3.8) is 0 Å². The van der Waals surface area contributed by atoms with Crippen molar-refractivity contribution in [3.05, 3.63) is 0 Å². The zero-order chi connectivity index (χ0) is 9.19. The average molecular weight is 201 g/mol. The quantitative estimate of drug-likeness (QED) is 0.646. The number of nitrogens with zero attached hydrogens (tertiary/aromatic N) is 1. The first kappa shape index (κ1) is 10.1. The van der Waals surface area contributed by atoms with Gasteiger partial charge in [-0.15, -0.1) is 0 Å². The van der Waals surface area contributed by atoms with E-state index in [-0.39, 0.29) is 6.61 Å². The molecule has 0 aromatic heterocycles. The highest BCUT2D eigenvalue weighted by Gasteiger charge is 2.36. The van der Waals surface area contributed by atoms with Crippen LogP contribution >= 0.6 is 7.75 Å². The molecule has 1 heterocycles. The normalized spacial score (nSPS) is 31.7. The molecule has 1 unspecified atom stereocenters. The van der Waals surface area contributed by atoms with Crippen LogP contribution in [0.15, 0.2) is 0 Å². The highest BCUT2D eigenvalue weighted by Crippen LogP contribution is 2.54. The second kappa shape index (κ2) is 3.79. The van der Waals surface area contributed by atoms with Crippen LogP contribution in [0.5, 0.6) is 0 Å². The maximum Gasteiger partial charge on any atom is 0.408 e. The Bertz CT molecular complexity index is 201. The van der Waals surface area contributed by atoms with E-state index in [1.54, 1.807) is 0 Å². The summed E-state index contributed by atoms with van der Waals surface area (Å²) in [6, 6.07) is 0. The molecule has 1 aliphatic rings. The smallest absolute Gasteiger partial charge is 0.295 e. The van der Waals surface area contributed by atoms with Crippen molar-refractivity contribution in [2.45, 2.75) is 6.43 Å². The SMILES string of the molecule is CN1CCOP1(=O)OCC(F)F. The van der Waals surface area contributed by atoms with Crippen molar-refractivity contribution < 1.29 is 22.4 Å². The monoisotopic (exact) mass is 201 g/mol. The summed E-state index contributed by atoms with van der Waals surface area (Å²) in [5.41, 5.74) is 0. The molecular weight excluding hydrogens is 191 g/mol. The summed E-state index contributed by atoms with van der Waals surface area (Å²) in [5, 5.41) is 0. The Morgan fingerprint density at radius 3 is 2.83 bits per heavy atom. The van der Waals surface area contributed by atoms with Crippen LogP contribution < -0.4 is 0 Å². The van der Waals surface area contributed by atoms with Crippen molar-refractivity contribution >= 4 is 7.75 Å². The van der Waals surface area contributed by atoms with E-state index in [1.807, 2.05) is 0 Å². The molecule has 1 atom stereocenters. The van der Waals surface area contributed by atoms with E-state index in [2.05, 4.69) is 4.52 Å². The van der Waals surface area contributed by atoms with E-state index in [0.717, 1.165) is 0 Å². The molecule has 0 bridgehead atoms. The van der Waals surface area contributed by atoms with Gasteiger partial charge in [0.25, 0.3) is 6.43 Å². The van der Waals surface area contributed by atoms with Gasteiger partial charge in [0.15, 0.2) is 0 Å². The van der Waals surface area contributed by atoms with E-state index in [9.17, 15) is 13.3 Å². The lowest BCUT2D eigenvalue weighted by Crippen LogP contribution is -2.13. The van der Waals surface area contributed by atoms with Crippen LogP contribution in [0.1, 0.15) is 0 Å². The number of hydrogen-bond donors (Lipinski definition) is 0. The Balaban J connectivity index is 2.43. The zero-order valence-corrected chi connectivity index (χ0v) is 7.47. The van der Waals surface area contributed by atoms with Gasteiger partial charge in [-0.1, -0.05) is 0 Å². The average Bonchev–Trinajstić information content (AvgIpc) is 2.30. The van der Waals surface area contributed by atoms with Crippen molar-refractivity contribution in [2.75, 3.05) is 26.8 Å². The highest BCUT2D eigenvalue weighted by molar-refractivity contribution is 7.51. The molecule has 0 amide bonds. The molecule has 1 rings (SSSR count). The molecular formula is C5H10F2NO3P.